The van der Waals surface area contributed by atoms with Gasteiger partial charge in [-0.2, -0.15) is 0 Å². The maximum Gasteiger partial charge on any atom is 0.309 e. The fourth-order valence-electron chi connectivity index (χ4n) is 9.44. The van der Waals surface area contributed by atoms with Gasteiger partial charge in [-0.25, -0.2) is 0 Å². The molecule has 7 heteroatoms. The van der Waals surface area contributed by atoms with Crippen molar-refractivity contribution in [2.24, 2.45) is 46.8 Å². The summed E-state index contributed by atoms with van der Waals surface area (Å²) in [6.07, 6.45) is 5.26. The highest BCUT2D eigenvalue weighted by Gasteiger charge is 2.79. The number of carbonyl (C=O) groups excluding carboxylic acids is 2. The summed E-state index contributed by atoms with van der Waals surface area (Å²) in [5.74, 6) is -1.20. The van der Waals surface area contributed by atoms with Gasteiger partial charge in [0.25, 0.3) is 0 Å². The fraction of sp³-hybridized carbons (Fsp3) is 0.778. The molecule has 0 radical (unpaired) electrons. The Balaban J connectivity index is 1.31. The Morgan fingerprint density at radius 2 is 1.82 bits per heavy atom. The molecule has 34 heavy (non-hydrogen) atoms. The first-order chi connectivity index (χ1) is 16.0. The van der Waals surface area contributed by atoms with Crippen molar-refractivity contribution >= 4 is 11.8 Å². The van der Waals surface area contributed by atoms with Crippen molar-refractivity contribution in [1.29, 1.82) is 0 Å². The molecule has 6 fully saturated rings. The molecule has 0 aromatic rings. The van der Waals surface area contributed by atoms with Gasteiger partial charge in [0.15, 0.2) is 11.6 Å². The van der Waals surface area contributed by atoms with E-state index >= 15 is 0 Å². The number of allylic oxidation sites excluding steroid dienone is 3. The third kappa shape index (κ3) is 2.29. The van der Waals surface area contributed by atoms with Crippen LogP contribution in [-0.4, -0.2) is 57.8 Å². The molecule has 2 N–H and O–H groups in total. The topological polar surface area (TPSA) is 102 Å². The Labute approximate surface area is 199 Å². The molecule has 184 valence electrons. The molecule has 7 nitrogen and oxygen atoms in total. The molecular formula is C27H34O7. The van der Waals surface area contributed by atoms with Gasteiger partial charge in [-0.3, -0.25) is 9.59 Å². The van der Waals surface area contributed by atoms with Gasteiger partial charge in [-0.1, -0.05) is 26.0 Å². The number of ketones is 1. The van der Waals surface area contributed by atoms with Gasteiger partial charge < -0.3 is 24.4 Å². The van der Waals surface area contributed by atoms with E-state index in [1.165, 1.54) is 0 Å². The van der Waals surface area contributed by atoms with E-state index in [4.69, 9.17) is 14.2 Å². The number of esters is 1. The zero-order valence-corrected chi connectivity index (χ0v) is 20.1. The lowest BCUT2D eigenvalue weighted by atomic mass is 9.47. The summed E-state index contributed by atoms with van der Waals surface area (Å²) < 4.78 is 19.2. The second-order valence-corrected chi connectivity index (χ2v) is 12.5. The second-order valence-electron chi connectivity index (χ2n) is 12.5. The van der Waals surface area contributed by atoms with Crippen LogP contribution in [0.25, 0.3) is 0 Å². The third-order valence-electron chi connectivity index (χ3n) is 11.2. The Hall–Kier alpha value is -1.54. The fourth-order valence-corrected chi connectivity index (χ4v) is 9.44. The van der Waals surface area contributed by atoms with E-state index < -0.39 is 35.1 Å². The number of cyclic esters (lactones) is 1. The number of fused-ring (bicyclic) bond motifs is 4. The minimum atomic E-state index is -1.20. The highest BCUT2D eigenvalue weighted by molar-refractivity contribution is 5.99. The largest absolute Gasteiger partial charge is 0.459 e. The zero-order valence-electron chi connectivity index (χ0n) is 20.1. The van der Waals surface area contributed by atoms with Crippen LogP contribution in [0.4, 0.5) is 0 Å². The smallest absolute Gasteiger partial charge is 0.309 e. The number of hydrogen-bond acceptors (Lipinski definition) is 7. The summed E-state index contributed by atoms with van der Waals surface area (Å²) in [5, 5.41) is 23.0. The molecule has 3 heterocycles. The van der Waals surface area contributed by atoms with Gasteiger partial charge in [0, 0.05) is 24.2 Å². The van der Waals surface area contributed by atoms with Gasteiger partial charge >= 0.3 is 5.97 Å². The first-order valence-corrected chi connectivity index (χ1v) is 12.9. The molecule has 3 saturated carbocycles. The van der Waals surface area contributed by atoms with Crippen LogP contribution in [0.3, 0.4) is 0 Å². The van der Waals surface area contributed by atoms with Crippen molar-refractivity contribution in [3.63, 3.8) is 0 Å². The minimum absolute atomic E-state index is 0.00500. The van der Waals surface area contributed by atoms with Crippen LogP contribution in [-0.2, 0) is 23.8 Å². The van der Waals surface area contributed by atoms with Crippen molar-refractivity contribution in [3.05, 3.63) is 23.8 Å². The number of aliphatic hydroxyl groups excluding tert-OH is 1. The molecule has 7 aliphatic rings. The Morgan fingerprint density at radius 3 is 2.53 bits per heavy atom. The van der Waals surface area contributed by atoms with E-state index in [9.17, 15) is 19.8 Å². The predicted octanol–water partition coefficient (Wildman–Crippen LogP) is 2.15. The quantitative estimate of drug-likeness (QED) is 0.566. The Bertz CT molecular complexity index is 1050. The van der Waals surface area contributed by atoms with Crippen LogP contribution in [0, 0.1) is 46.8 Å². The van der Waals surface area contributed by atoms with Crippen molar-refractivity contribution in [3.8, 4) is 0 Å². The highest BCUT2D eigenvalue weighted by atomic mass is 16.7. The van der Waals surface area contributed by atoms with Crippen LogP contribution < -0.4 is 0 Å². The predicted molar refractivity (Wildman–Crippen MR) is 119 cm³/mol. The molecule has 0 spiro atoms. The van der Waals surface area contributed by atoms with Crippen LogP contribution in [0.15, 0.2) is 23.8 Å². The van der Waals surface area contributed by atoms with Gasteiger partial charge in [0.05, 0.1) is 29.1 Å². The van der Waals surface area contributed by atoms with Crippen molar-refractivity contribution in [1.82, 2.24) is 0 Å². The summed E-state index contributed by atoms with van der Waals surface area (Å²) in [4.78, 5) is 25.7. The number of ether oxygens (including phenoxy) is 3. The second kappa shape index (κ2) is 6.41. The van der Waals surface area contributed by atoms with Crippen LogP contribution in [0.1, 0.15) is 47.0 Å². The zero-order chi connectivity index (χ0) is 23.9. The summed E-state index contributed by atoms with van der Waals surface area (Å²) >= 11 is 0. The van der Waals surface area contributed by atoms with Gasteiger partial charge in [-0.05, 0) is 56.1 Å². The molecule has 0 amide bonds. The van der Waals surface area contributed by atoms with Crippen LogP contribution >= 0.6 is 0 Å². The molecule has 3 aliphatic heterocycles. The van der Waals surface area contributed by atoms with E-state index in [-0.39, 0.29) is 59.3 Å². The van der Waals surface area contributed by atoms with E-state index in [1.807, 2.05) is 33.8 Å². The SMILES string of the molecule is C[C@H]1C(=O)OC(C2OC34CC5C(C[C@H](O)C6=CC=CC(=O)C65C)[C@@H]5CC(O3)[C@@H](C54)[C@]2(C)O)[C@@H]1C. The standard InChI is InChI=1S/C27H34O7/c1-11-12(2)24(30)32-22(11)23-26(4,31)21-18-9-14-13-8-17(28)15-6-5-7-19(29)25(15,3)16(13)10-27(33-18,34-23)20(14)21/h5-7,11-14,16-18,20-23,28,31H,8-10H2,1-4H3/t11-,12-,13?,14+,16?,17+,18?,20?,21+,22?,23?,25?,26+,27?/m1/s1. The number of carbonyl (C=O) groups is 2. The maximum atomic E-state index is 13.3. The van der Waals surface area contributed by atoms with Crippen LogP contribution in [0.5, 0.6) is 0 Å². The molecule has 0 aromatic carbocycles. The summed E-state index contributed by atoms with van der Waals surface area (Å²) in [6.45, 7) is 7.64. The molecule has 8 unspecified atom stereocenters. The highest BCUT2D eigenvalue weighted by Crippen LogP contribution is 2.72. The summed E-state index contributed by atoms with van der Waals surface area (Å²) in [7, 11) is 0. The first-order valence-electron chi connectivity index (χ1n) is 12.9. The Morgan fingerprint density at radius 1 is 1.06 bits per heavy atom. The lowest BCUT2D eigenvalue weighted by molar-refractivity contribution is -0.363. The monoisotopic (exact) mass is 470 g/mol. The average Bonchev–Trinajstić information content (AvgIpc) is 3.38. The van der Waals surface area contributed by atoms with Crippen molar-refractivity contribution in [2.75, 3.05) is 0 Å². The van der Waals surface area contributed by atoms with E-state index in [2.05, 4.69) is 0 Å². The lowest BCUT2D eigenvalue weighted by Crippen LogP contribution is -2.69. The molecule has 14 atom stereocenters. The third-order valence-corrected chi connectivity index (χ3v) is 11.2. The van der Waals surface area contributed by atoms with Crippen molar-refractivity contribution in [2.45, 2.75) is 82.8 Å². The Kier molecular flexibility index (Phi) is 4.10. The van der Waals surface area contributed by atoms with E-state index in [0.29, 0.717) is 12.8 Å². The van der Waals surface area contributed by atoms with Gasteiger partial charge in [0.1, 0.15) is 12.2 Å². The van der Waals surface area contributed by atoms with Crippen LogP contribution in [0.2, 0.25) is 0 Å². The van der Waals surface area contributed by atoms with E-state index in [0.717, 1.165) is 12.0 Å². The van der Waals surface area contributed by atoms with Gasteiger partial charge in [0.2, 0.25) is 0 Å². The van der Waals surface area contributed by atoms with Crippen molar-refractivity contribution < 1.29 is 34.0 Å². The molecule has 4 bridgehead atoms. The number of hydrogen-bond donors (Lipinski definition) is 2. The summed E-state index contributed by atoms with van der Waals surface area (Å²) in [6, 6.07) is 0. The average molecular weight is 471 g/mol. The molecular weight excluding hydrogens is 436 g/mol. The molecule has 7 rings (SSSR count). The number of aliphatic hydroxyl groups is 2. The molecule has 4 aliphatic carbocycles. The molecule has 3 saturated heterocycles. The molecule has 0 aromatic heterocycles. The first kappa shape index (κ1) is 21.7. The lowest BCUT2D eigenvalue weighted by Gasteiger charge is -2.62. The summed E-state index contributed by atoms with van der Waals surface area (Å²) in [5.41, 5.74) is -1.19. The normalized spacial score (nSPS) is 61.1. The number of rotatable bonds is 1. The van der Waals surface area contributed by atoms with E-state index in [1.54, 1.807) is 12.2 Å². The van der Waals surface area contributed by atoms with Gasteiger partial charge in [-0.15, -0.1) is 0 Å². The maximum absolute atomic E-state index is 13.3. The minimum Gasteiger partial charge on any atom is -0.459 e.